The van der Waals surface area contributed by atoms with E-state index in [1.807, 2.05) is 6.92 Å². The first kappa shape index (κ1) is 18.9. The second-order valence-corrected chi connectivity index (χ2v) is 5.32. The van der Waals surface area contributed by atoms with Gasteiger partial charge in [0.1, 0.15) is 5.75 Å². The third kappa shape index (κ3) is 5.55. The van der Waals surface area contributed by atoms with Gasteiger partial charge in [-0.05, 0) is 30.7 Å². The molecule has 0 aromatic heterocycles. The summed E-state index contributed by atoms with van der Waals surface area (Å²) in [6.45, 7) is 2.31. The first-order valence-electron chi connectivity index (χ1n) is 7.96. The second kappa shape index (κ2) is 9.12. The molecule has 0 saturated heterocycles. The summed E-state index contributed by atoms with van der Waals surface area (Å²) in [5.74, 6) is 0.0164. The Balaban J connectivity index is 1.97. The Morgan fingerprint density at radius 3 is 2.58 bits per heavy atom. The van der Waals surface area contributed by atoms with E-state index in [-0.39, 0.29) is 29.5 Å². The predicted octanol–water partition coefficient (Wildman–Crippen LogP) is 3.01. The highest BCUT2D eigenvalue weighted by molar-refractivity contribution is 6.07. The number of hydrogen-bond donors (Lipinski definition) is 1. The molecule has 2 aromatic rings. The molecular weight excluding hydrogens is 336 g/mol. The van der Waals surface area contributed by atoms with Crippen LogP contribution in [0.1, 0.15) is 22.8 Å². The normalized spacial score (nSPS) is 10.5. The van der Waals surface area contributed by atoms with Gasteiger partial charge in [-0.3, -0.25) is 19.7 Å². The number of ether oxygens (including phenoxy) is 1. The summed E-state index contributed by atoms with van der Waals surface area (Å²) in [4.78, 5) is 33.7. The van der Waals surface area contributed by atoms with Crippen molar-refractivity contribution >= 4 is 23.5 Å². The summed E-state index contributed by atoms with van der Waals surface area (Å²) in [5, 5.41) is 13.4. The van der Waals surface area contributed by atoms with E-state index in [0.717, 1.165) is 5.56 Å². The molecule has 0 aliphatic carbocycles. The average molecular weight is 354 g/mol. The van der Waals surface area contributed by atoms with Crippen LogP contribution >= 0.6 is 0 Å². The van der Waals surface area contributed by atoms with E-state index in [1.165, 1.54) is 30.3 Å². The summed E-state index contributed by atoms with van der Waals surface area (Å²) in [6, 6.07) is 12.4. The molecule has 0 fully saturated rings. The highest BCUT2D eigenvalue weighted by Gasteiger charge is 2.09. The number of amides is 1. The van der Waals surface area contributed by atoms with Crippen LogP contribution < -0.4 is 10.1 Å². The highest BCUT2D eigenvalue weighted by atomic mass is 16.6. The van der Waals surface area contributed by atoms with Gasteiger partial charge in [0.2, 0.25) is 0 Å². The Morgan fingerprint density at radius 1 is 1.19 bits per heavy atom. The molecule has 134 valence electrons. The van der Waals surface area contributed by atoms with Gasteiger partial charge in [-0.15, -0.1) is 0 Å². The van der Waals surface area contributed by atoms with Crippen molar-refractivity contribution in [3.8, 4) is 5.75 Å². The minimum atomic E-state index is -0.542. The molecule has 0 heterocycles. The van der Waals surface area contributed by atoms with E-state index in [4.69, 9.17) is 4.74 Å². The number of benzene rings is 2. The van der Waals surface area contributed by atoms with Crippen molar-refractivity contribution in [2.75, 3.05) is 13.2 Å². The van der Waals surface area contributed by atoms with E-state index in [0.29, 0.717) is 12.3 Å². The third-order valence-electron chi connectivity index (χ3n) is 3.39. The Labute approximate surface area is 150 Å². The van der Waals surface area contributed by atoms with Crippen LogP contribution in [-0.2, 0) is 4.79 Å². The number of carbonyl (C=O) groups excluding carboxylic acids is 2. The Kier molecular flexibility index (Phi) is 6.61. The molecule has 1 N–H and O–H groups in total. The van der Waals surface area contributed by atoms with Gasteiger partial charge in [-0.1, -0.05) is 30.3 Å². The number of nitro groups is 1. The maximum atomic E-state index is 12.1. The zero-order valence-electron chi connectivity index (χ0n) is 14.2. The molecule has 7 heteroatoms. The van der Waals surface area contributed by atoms with Crippen LogP contribution in [0.5, 0.6) is 5.75 Å². The standard InChI is InChI=1S/C19H18N2O5/c1-2-20-19(23)13-26-17-9-6-14(7-10-17)8-11-18(22)15-4-3-5-16(12-15)21(24)25/h3-12H,2,13H2,1H3,(H,20,23). The van der Waals surface area contributed by atoms with Gasteiger partial charge in [0.25, 0.3) is 11.6 Å². The fourth-order valence-corrected chi connectivity index (χ4v) is 2.11. The topological polar surface area (TPSA) is 98.5 Å². The van der Waals surface area contributed by atoms with Crippen molar-refractivity contribution < 1.29 is 19.2 Å². The number of ketones is 1. The summed E-state index contributed by atoms with van der Waals surface area (Å²) < 4.78 is 5.34. The lowest BCUT2D eigenvalue weighted by molar-refractivity contribution is -0.384. The van der Waals surface area contributed by atoms with Gasteiger partial charge >= 0.3 is 0 Å². The quantitative estimate of drug-likeness (QED) is 0.340. The number of non-ortho nitro benzene ring substituents is 1. The molecule has 0 spiro atoms. The molecule has 26 heavy (non-hydrogen) atoms. The number of rotatable bonds is 8. The van der Waals surface area contributed by atoms with Crippen LogP contribution in [0.4, 0.5) is 5.69 Å². The van der Waals surface area contributed by atoms with Crippen molar-refractivity contribution in [1.29, 1.82) is 0 Å². The number of nitrogens with one attached hydrogen (secondary N) is 1. The number of nitro benzene ring substituents is 1. The van der Waals surface area contributed by atoms with Crippen LogP contribution in [0.25, 0.3) is 6.08 Å². The molecule has 7 nitrogen and oxygen atoms in total. The number of carbonyl (C=O) groups is 2. The molecule has 0 saturated carbocycles. The van der Waals surface area contributed by atoms with Crippen molar-refractivity contribution in [2.45, 2.75) is 6.92 Å². The molecule has 0 bridgehead atoms. The largest absolute Gasteiger partial charge is 0.484 e. The number of hydrogen-bond acceptors (Lipinski definition) is 5. The minimum absolute atomic E-state index is 0.0612. The smallest absolute Gasteiger partial charge is 0.270 e. The van der Waals surface area contributed by atoms with Crippen molar-refractivity contribution in [3.05, 3.63) is 75.8 Å². The van der Waals surface area contributed by atoms with Crippen LogP contribution in [0.3, 0.4) is 0 Å². The van der Waals surface area contributed by atoms with E-state index in [9.17, 15) is 19.7 Å². The molecule has 2 rings (SSSR count). The van der Waals surface area contributed by atoms with Crippen molar-refractivity contribution in [2.24, 2.45) is 0 Å². The lowest BCUT2D eigenvalue weighted by atomic mass is 10.1. The van der Waals surface area contributed by atoms with E-state index >= 15 is 0 Å². The van der Waals surface area contributed by atoms with E-state index in [2.05, 4.69) is 5.32 Å². The molecule has 0 unspecified atom stereocenters. The van der Waals surface area contributed by atoms with Gasteiger partial charge in [0.05, 0.1) is 4.92 Å². The maximum Gasteiger partial charge on any atom is 0.270 e. The van der Waals surface area contributed by atoms with Crippen LogP contribution in [0.2, 0.25) is 0 Å². The molecule has 0 atom stereocenters. The van der Waals surface area contributed by atoms with E-state index in [1.54, 1.807) is 30.3 Å². The number of likely N-dealkylation sites (N-methyl/N-ethyl adjacent to an activating group) is 1. The highest BCUT2D eigenvalue weighted by Crippen LogP contribution is 2.16. The summed E-state index contributed by atoms with van der Waals surface area (Å²) in [5.41, 5.74) is 0.879. The van der Waals surface area contributed by atoms with Crippen molar-refractivity contribution in [1.82, 2.24) is 5.32 Å². The molecule has 0 aliphatic heterocycles. The Morgan fingerprint density at radius 2 is 1.92 bits per heavy atom. The minimum Gasteiger partial charge on any atom is -0.484 e. The van der Waals surface area contributed by atoms with Gasteiger partial charge in [0, 0.05) is 24.2 Å². The SMILES string of the molecule is CCNC(=O)COc1ccc(C=CC(=O)c2cccc([N+](=O)[O-])c2)cc1. The predicted molar refractivity (Wildman–Crippen MR) is 97.1 cm³/mol. The van der Waals surface area contributed by atoms with Gasteiger partial charge in [-0.25, -0.2) is 0 Å². The molecule has 0 radical (unpaired) electrons. The molecular formula is C19H18N2O5. The first-order valence-corrected chi connectivity index (χ1v) is 7.96. The Bertz CT molecular complexity index is 828. The Hall–Kier alpha value is -3.48. The first-order chi connectivity index (χ1) is 12.5. The van der Waals surface area contributed by atoms with Crippen LogP contribution in [-0.4, -0.2) is 29.8 Å². The fraction of sp³-hybridized carbons (Fsp3) is 0.158. The second-order valence-electron chi connectivity index (χ2n) is 5.32. The van der Waals surface area contributed by atoms with Gasteiger partial charge in [0.15, 0.2) is 12.4 Å². The van der Waals surface area contributed by atoms with Gasteiger partial charge in [-0.2, -0.15) is 0 Å². The lowest BCUT2D eigenvalue weighted by Crippen LogP contribution is -2.28. The number of nitrogens with zero attached hydrogens (tertiary/aromatic N) is 1. The molecule has 0 aliphatic rings. The van der Waals surface area contributed by atoms with Crippen LogP contribution in [0.15, 0.2) is 54.6 Å². The maximum absolute atomic E-state index is 12.1. The van der Waals surface area contributed by atoms with E-state index < -0.39 is 4.92 Å². The van der Waals surface area contributed by atoms with Gasteiger partial charge < -0.3 is 10.1 Å². The molecule has 2 aromatic carbocycles. The summed E-state index contributed by atoms with van der Waals surface area (Å²) >= 11 is 0. The third-order valence-corrected chi connectivity index (χ3v) is 3.39. The van der Waals surface area contributed by atoms with Crippen molar-refractivity contribution in [3.63, 3.8) is 0 Å². The summed E-state index contributed by atoms with van der Waals surface area (Å²) in [6.07, 6.45) is 2.96. The summed E-state index contributed by atoms with van der Waals surface area (Å²) in [7, 11) is 0. The van der Waals surface area contributed by atoms with Crippen LogP contribution in [0, 0.1) is 10.1 Å². The fourth-order valence-electron chi connectivity index (χ4n) is 2.11. The lowest BCUT2D eigenvalue weighted by Gasteiger charge is -2.06. The zero-order valence-corrected chi connectivity index (χ0v) is 14.2. The average Bonchev–Trinajstić information content (AvgIpc) is 2.65. The zero-order chi connectivity index (χ0) is 18.9. The monoisotopic (exact) mass is 354 g/mol. The molecule has 1 amide bonds. The number of allylic oxidation sites excluding steroid dienone is 1.